The van der Waals surface area contributed by atoms with E-state index in [1.807, 2.05) is 18.2 Å². The number of carbonyl (C=O) groups excluding carboxylic acids is 3. The van der Waals surface area contributed by atoms with Gasteiger partial charge in [-0.25, -0.2) is 19.6 Å². The Balaban J connectivity index is 1.44. The normalized spacial score (nSPS) is 13.0. The predicted molar refractivity (Wildman–Crippen MR) is 146 cm³/mol. The van der Waals surface area contributed by atoms with Gasteiger partial charge in [0, 0.05) is 30.7 Å². The fourth-order valence-corrected chi connectivity index (χ4v) is 5.96. The largest absolute Gasteiger partial charge is 0.462 e. The molecule has 3 aromatic rings. The van der Waals surface area contributed by atoms with Gasteiger partial charge in [-0.3, -0.25) is 9.69 Å². The number of aromatic nitrogens is 2. The maximum absolute atomic E-state index is 12.8. The van der Waals surface area contributed by atoms with E-state index >= 15 is 0 Å². The number of hydrogen-bond acceptors (Lipinski definition) is 11. The number of nitrogen functional groups attached to an aromatic ring is 1. The van der Waals surface area contributed by atoms with Gasteiger partial charge in [0.05, 0.1) is 24.5 Å². The van der Waals surface area contributed by atoms with Gasteiger partial charge < -0.3 is 20.5 Å². The van der Waals surface area contributed by atoms with Crippen molar-refractivity contribution in [3.8, 4) is 0 Å². The summed E-state index contributed by atoms with van der Waals surface area (Å²) in [4.78, 5) is 49.1. The van der Waals surface area contributed by atoms with Crippen LogP contribution in [0, 0.1) is 0 Å². The number of nitrogens with two attached hydrogens (primary N) is 1. The number of anilines is 2. The van der Waals surface area contributed by atoms with E-state index in [1.165, 1.54) is 23.1 Å². The van der Waals surface area contributed by atoms with E-state index in [4.69, 9.17) is 15.2 Å². The first-order chi connectivity index (χ1) is 18.4. The molecule has 4 rings (SSSR count). The van der Waals surface area contributed by atoms with Crippen molar-refractivity contribution in [2.24, 2.45) is 0 Å². The molecule has 1 amide bonds. The van der Waals surface area contributed by atoms with Crippen LogP contribution in [0.2, 0.25) is 0 Å². The van der Waals surface area contributed by atoms with Crippen molar-refractivity contribution < 1.29 is 23.9 Å². The first-order valence-electron chi connectivity index (χ1n) is 12.2. The Kier molecular flexibility index (Phi) is 9.32. The van der Waals surface area contributed by atoms with E-state index in [9.17, 15) is 14.4 Å². The number of nitrogens with zero attached hydrogens (tertiary/aromatic N) is 3. The summed E-state index contributed by atoms with van der Waals surface area (Å²) in [5.41, 5.74) is 8.53. The van der Waals surface area contributed by atoms with E-state index in [0.29, 0.717) is 23.5 Å². The topological polar surface area (TPSA) is 137 Å². The lowest BCUT2D eigenvalue weighted by molar-refractivity contribution is -0.113. The van der Waals surface area contributed by atoms with Crippen LogP contribution in [-0.2, 0) is 33.8 Å². The molecule has 0 unspecified atom stereocenters. The average molecular weight is 556 g/mol. The highest BCUT2D eigenvalue weighted by molar-refractivity contribution is 7.99. The van der Waals surface area contributed by atoms with Gasteiger partial charge in [0.1, 0.15) is 16.4 Å². The SMILES string of the molecule is CCOC(=O)c1cnc(SCC(=O)Nc2sc3c(c2C(=O)OCC)CCN(Cc2ccccc2)C3)nc1N. The molecule has 0 saturated carbocycles. The Labute approximate surface area is 228 Å². The highest BCUT2D eigenvalue weighted by atomic mass is 32.2. The second-order valence-corrected chi connectivity index (χ2v) is 10.4. The number of thioether (sulfide) groups is 1. The molecule has 0 bridgehead atoms. The zero-order chi connectivity index (χ0) is 27.1. The molecule has 12 heteroatoms. The van der Waals surface area contributed by atoms with Gasteiger partial charge in [0.15, 0.2) is 5.16 Å². The molecule has 0 atom stereocenters. The number of benzene rings is 1. The number of rotatable bonds is 10. The van der Waals surface area contributed by atoms with Gasteiger partial charge in [0.25, 0.3) is 0 Å². The van der Waals surface area contributed by atoms with Crippen LogP contribution in [0.25, 0.3) is 0 Å². The lowest BCUT2D eigenvalue weighted by atomic mass is 10.0. The highest BCUT2D eigenvalue weighted by Gasteiger charge is 2.29. The molecule has 1 aromatic carbocycles. The number of ether oxygens (including phenoxy) is 2. The quantitative estimate of drug-likeness (QED) is 0.216. The third-order valence-electron chi connectivity index (χ3n) is 5.74. The Bertz CT molecular complexity index is 1310. The summed E-state index contributed by atoms with van der Waals surface area (Å²) < 4.78 is 10.2. The summed E-state index contributed by atoms with van der Waals surface area (Å²) in [6, 6.07) is 10.2. The predicted octanol–water partition coefficient (Wildman–Crippen LogP) is 3.76. The second-order valence-electron chi connectivity index (χ2n) is 8.38. The minimum Gasteiger partial charge on any atom is -0.462 e. The van der Waals surface area contributed by atoms with E-state index in [1.54, 1.807) is 13.8 Å². The lowest BCUT2D eigenvalue weighted by Gasteiger charge is -2.27. The Hall–Kier alpha value is -3.48. The molecule has 0 saturated heterocycles. The summed E-state index contributed by atoms with van der Waals surface area (Å²) in [5, 5.41) is 3.61. The first kappa shape index (κ1) is 27.6. The van der Waals surface area contributed by atoms with Crippen LogP contribution in [0.15, 0.2) is 41.7 Å². The Morgan fingerprint density at radius 1 is 1.13 bits per heavy atom. The maximum Gasteiger partial charge on any atom is 0.343 e. The smallest absolute Gasteiger partial charge is 0.343 e. The van der Waals surface area contributed by atoms with Gasteiger partial charge in [-0.15, -0.1) is 11.3 Å². The van der Waals surface area contributed by atoms with E-state index < -0.39 is 11.9 Å². The van der Waals surface area contributed by atoms with Crippen LogP contribution in [0.1, 0.15) is 50.6 Å². The van der Waals surface area contributed by atoms with Crippen molar-refractivity contribution in [1.29, 1.82) is 0 Å². The summed E-state index contributed by atoms with van der Waals surface area (Å²) in [6.45, 7) is 6.19. The van der Waals surface area contributed by atoms with E-state index in [2.05, 4.69) is 32.3 Å². The zero-order valence-corrected chi connectivity index (χ0v) is 22.8. The van der Waals surface area contributed by atoms with Crippen molar-refractivity contribution in [2.75, 3.05) is 36.6 Å². The minimum absolute atomic E-state index is 0.0108. The molecular weight excluding hydrogens is 526 g/mol. The molecule has 0 fully saturated rings. The van der Waals surface area contributed by atoms with Gasteiger partial charge in [-0.2, -0.15) is 0 Å². The lowest BCUT2D eigenvalue weighted by Crippen LogP contribution is -2.30. The van der Waals surface area contributed by atoms with Crippen LogP contribution in [0.4, 0.5) is 10.8 Å². The molecule has 2 aromatic heterocycles. The van der Waals surface area contributed by atoms with Gasteiger partial charge in [-0.1, -0.05) is 42.1 Å². The summed E-state index contributed by atoms with van der Waals surface area (Å²) in [5.74, 6) is -1.39. The maximum atomic E-state index is 12.8. The fourth-order valence-electron chi connectivity index (χ4n) is 4.05. The third kappa shape index (κ3) is 6.69. The van der Waals surface area contributed by atoms with Gasteiger partial charge in [0.2, 0.25) is 5.91 Å². The van der Waals surface area contributed by atoms with Crippen LogP contribution >= 0.6 is 23.1 Å². The summed E-state index contributed by atoms with van der Waals surface area (Å²) in [6.07, 6.45) is 1.98. The van der Waals surface area contributed by atoms with Crippen molar-refractivity contribution in [3.63, 3.8) is 0 Å². The number of amides is 1. The number of thiophene rings is 1. The number of hydrogen-bond donors (Lipinski definition) is 2. The zero-order valence-electron chi connectivity index (χ0n) is 21.2. The standard InChI is InChI=1S/C26H29N5O5S2/c1-3-35-24(33)18-12-28-26(30-22(18)27)37-15-20(32)29-23-21(25(34)36-4-2)17-10-11-31(14-19(17)38-23)13-16-8-6-5-7-9-16/h5-9,12H,3-4,10-11,13-15H2,1-2H3,(H,29,32)(H2,27,28,30). The molecule has 0 spiro atoms. The van der Waals surface area contributed by atoms with Crippen molar-refractivity contribution in [1.82, 2.24) is 14.9 Å². The van der Waals surface area contributed by atoms with Crippen LogP contribution < -0.4 is 11.1 Å². The van der Waals surface area contributed by atoms with Crippen molar-refractivity contribution >= 4 is 51.8 Å². The van der Waals surface area contributed by atoms with Gasteiger partial charge >= 0.3 is 11.9 Å². The molecule has 10 nitrogen and oxygen atoms in total. The molecule has 38 heavy (non-hydrogen) atoms. The second kappa shape index (κ2) is 12.9. The van der Waals surface area contributed by atoms with Crippen LogP contribution in [0.5, 0.6) is 0 Å². The molecule has 1 aliphatic heterocycles. The Morgan fingerprint density at radius 3 is 2.58 bits per heavy atom. The van der Waals surface area contributed by atoms with Crippen LogP contribution in [0.3, 0.4) is 0 Å². The Morgan fingerprint density at radius 2 is 1.87 bits per heavy atom. The van der Waals surface area contributed by atoms with Gasteiger partial charge in [-0.05, 0) is 31.4 Å². The number of carbonyl (C=O) groups is 3. The minimum atomic E-state index is -0.602. The first-order valence-corrected chi connectivity index (χ1v) is 14.0. The monoisotopic (exact) mass is 555 g/mol. The molecule has 1 aliphatic rings. The number of fused-ring (bicyclic) bond motifs is 1. The van der Waals surface area contributed by atoms with Crippen molar-refractivity contribution in [3.05, 3.63) is 63.7 Å². The van der Waals surface area contributed by atoms with Crippen LogP contribution in [-0.4, -0.2) is 58.2 Å². The highest BCUT2D eigenvalue weighted by Crippen LogP contribution is 2.38. The fraction of sp³-hybridized carbons (Fsp3) is 0.346. The number of nitrogens with one attached hydrogen (secondary N) is 1. The van der Waals surface area contributed by atoms with E-state index in [0.717, 1.165) is 35.3 Å². The molecule has 0 aliphatic carbocycles. The molecule has 3 heterocycles. The summed E-state index contributed by atoms with van der Waals surface area (Å²) in [7, 11) is 0. The molecular formula is C26H29N5O5S2. The molecule has 0 radical (unpaired) electrons. The summed E-state index contributed by atoms with van der Waals surface area (Å²) >= 11 is 2.48. The van der Waals surface area contributed by atoms with E-state index in [-0.39, 0.29) is 41.4 Å². The molecule has 200 valence electrons. The molecule has 3 N–H and O–H groups in total. The number of esters is 2. The van der Waals surface area contributed by atoms with Crippen molar-refractivity contribution in [2.45, 2.75) is 38.5 Å². The third-order valence-corrected chi connectivity index (χ3v) is 7.73. The average Bonchev–Trinajstić information content (AvgIpc) is 3.25.